The molecule has 0 bridgehead atoms. The summed E-state index contributed by atoms with van der Waals surface area (Å²) >= 11 is 6.27. The van der Waals surface area contributed by atoms with Crippen LogP contribution in [0.1, 0.15) is 5.82 Å². The van der Waals surface area contributed by atoms with E-state index in [-0.39, 0.29) is 15.3 Å². The minimum atomic E-state index is -4.70. The van der Waals surface area contributed by atoms with E-state index >= 15 is 0 Å². The van der Waals surface area contributed by atoms with Gasteiger partial charge in [-0.05, 0) is 11.8 Å². The topological polar surface area (TPSA) is 76.5 Å². The highest BCUT2D eigenvalue weighted by atomic mass is 35.5. The molecule has 0 fully saturated rings. The van der Waals surface area contributed by atoms with Gasteiger partial charge in [0.25, 0.3) is 0 Å². The maximum absolute atomic E-state index is 12.5. The lowest BCUT2D eigenvalue weighted by atomic mass is 10.5. The first kappa shape index (κ1) is 13.9. The predicted molar refractivity (Wildman–Crippen MR) is 60.0 cm³/mol. The molecule has 0 aliphatic heterocycles. The van der Waals surface area contributed by atoms with E-state index in [1.54, 1.807) is 0 Å². The van der Waals surface area contributed by atoms with E-state index in [0.29, 0.717) is 0 Å². The Kier molecular flexibility index (Phi) is 3.54. The fourth-order valence-corrected chi connectivity index (χ4v) is 2.14. The van der Waals surface area contributed by atoms with Crippen LogP contribution in [0, 0.1) is 0 Å². The summed E-state index contributed by atoms with van der Waals surface area (Å²) in [4.78, 5) is 17.5. The second kappa shape index (κ2) is 4.85. The van der Waals surface area contributed by atoms with Crippen molar-refractivity contribution in [1.29, 1.82) is 0 Å². The molecule has 2 rings (SSSR count). The van der Waals surface area contributed by atoms with E-state index in [9.17, 15) is 18.0 Å². The summed E-state index contributed by atoms with van der Waals surface area (Å²) < 4.78 is 38.6. The van der Waals surface area contributed by atoms with Gasteiger partial charge in [0.05, 0.1) is 0 Å². The fourth-order valence-electron chi connectivity index (χ4n) is 1.09. The number of halogens is 4. The van der Waals surface area contributed by atoms with Crippen molar-refractivity contribution in [2.75, 3.05) is 0 Å². The average molecular weight is 312 g/mol. The molecule has 6 nitrogen and oxygen atoms in total. The normalized spacial score (nSPS) is 11.8. The highest BCUT2D eigenvalue weighted by molar-refractivity contribution is 7.99. The summed E-state index contributed by atoms with van der Waals surface area (Å²) in [5, 5.41) is 5.55. The second-order valence-electron chi connectivity index (χ2n) is 3.32. The van der Waals surface area contributed by atoms with Crippen molar-refractivity contribution in [3.8, 4) is 0 Å². The SMILES string of the molecule is Cn1c(Sc2cc(Cl)nc(C(F)(F)F)n2)n[nH]c1=O. The van der Waals surface area contributed by atoms with Crippen LogP contribution in [-0.4, -0.2) is 24.7 Å². The Bertz CT molecular complexity index is 667. The average Bonchev–Trinajstić information content (AvgIpc) is 2.59. The summed E-state index contributed by atoms with van der Waals surface area (Å²) in [5.74, 6) is -1.34. The molecule has 0 radical (unpaired) electrons. The second-order valence-corrected chi connectivity index (χ2v) is 4.70. The maximum Gasteiger partial charge on any atom is 0.451 e. The summed E-state index contributed by atoms with van der Waals surface area (Å²) in [7, 11) is 1.42. The van der Waals surface area contributed by atoms with Gasteiger partial charge in [-0.3, -0.25) is 4.57 Å². The molecule has 0 unspecified atom stereocenters. The number of hydrogen-bond donors (Lipinski definition) is 1. The van der Waals surface area contributed by atoms with Crippen LogP contribution in [0.2, 0.25) is 5.15 Å². The Labute approximate surface area is 113 Å². The molecule has 0 atom stereocenters. The van der Waals surface area contributed by atoms with Crippen LogP contribution < -0.4 is 5.69 Å². The lowest BCUT2D eigenvalue weighted by Gasteiger charge is -2.06. The molecule has 0 saturated heterocycles. The zero-order chi connectivity index (χ0) is 14.2. The first-order valence-electron chi connectivity index (χ1n) is 4.68. The highest BCUT2D eigenvalue weighted by Gasteiger charge is 2.35. The molecule has 102 valence electrons. The smallest absolute Gasteiger partial charge is 0.273 e. The van der Waals surface area contributed by atoms with Crippen molar-refractivity contribution >= 4 is 23.4 Å². The van der Waals surface area contributed by atoms with Gasteiger partial charge < -0.3 is 0 Å². The van der Waals surface area contributed by atoms with Crippen molar-refractivity contribution in [2.24, 2.45) is 7.05 Å². The van der Waals surface area contributed by atoms with Gasteiger partial charge in [-0.15, -0.1) is 5.10 Å². The Morgan fingerprint density at radius 2 is 2.11 bits per heavy atom. The Morgan fingerprint density at radius 1 is 1.42 bits per heavy atom. The number of alkyl halides is 3. The number of nitrogens with one attached hydrogen (secondary N) is 1. The van der Waals surface area contributed by atoms with Gasteiger partial charge in [0.15, 0.2) is 5.16 Å². The molecular formula is C8H5ClF3N5OS. The lowest BCUT2D eigenvalue weighted by molar-refractivity contribution is -0.145. The molecule has 2 aromatic heterocycles. The van der Waals surface area contributed by atoms with Crippen LogP contribution in [-0.2, 0) is 13.2 Å². The summed E-state index contributed by atoms with van der Waals surface area (Å²) in [6.45, 7) is 0. The number of rotatable bonds is 2. The van der Waals surface area contributed by atoms with E-state index < -0.39 is 17.7 Å². The van der Waals surface area contributed by atoms with Crippen molar-refractivity contribution < 1.29 is 13.2 Å². The molecule has 2 heterocycles. The first-order valence-corrected chi connectivity index (χ1v) is 5.88. The first-order chi connectivity index (χ1) is 8.77. The van der Waals surface area contributed by atoms with Gasteiger partial charge in [-0.25, -0.2) is 19.9 Å². The van der Waals surface area contributed by atoms with Crippen LogP contribution in [0.4, 0.5) is 13.2 Å². The van der Waals surface area contributed by atoms with Gasteiger partial charge in [0, 0.05) is 13.1 Å². The molecule has 19 heavy (non-hydrogen) atoms. The van der Waals surface area contributed by atoms with Crippen LogP contribution >= 0.6 is 23.4 Å². The molecule has 1 N–H and O–H groups in total. The van der Waals surface area contributed by atoms with Gasteiger partial charge in [0.2, 0.25) is 5.82 Å². The van der Waals surface area contributed by atoms with Crippen molar-refractivity contribution in [3.05, 3.63) is 27.5 Å². The highest BCUT2D eigenvalue weighted by Crippen LogP contribution is 2.31. The van der Waals surface area contributed by atoms with Crippen LogP contribution in [0.15, 0.2) is 21.0 Å². The molecule has 0 spiro atoms. The third-order valence-corrected chi connectivity index (χ3v) is 3.12. The molecule has 0 aliphatic carbocycles. The number of aromatic nitrogens is 5. The lowest BCUT2D eigenvalue weighted by Crippen LogP contribution is -2.13. The summed E-state index contributed by atoms with van der Waals surface area (Å²) in [6, 6.07) is 1.15. The van der Waals surface area contributed by atoms with E-state index in [0.717, 1.165) is 22.4 Å². The van der Waals surface area contributed by atoms with Crippen molar-refractivity contribution in [1.82, 2.24) is 24.7 Å². The van der Waals surface area contributed by atoms with Crippen molar-refractivity contribution in [2.45, 2.75) is 16.4 Å². The maximum atomic E-state index is 12.5. The Balaban J connectivity index is 2.38. The third-order valence-electron chi connectivity index (χ3n) is 1.96. The van der Waals surface area contributed by atoms with E-state index in [2.05, 4.69) is 20.2 Å². The third kappa shape index (κ3) is 3.07. The predicted octanol–water partition coefficient (Wildman–Crippen LogP) is 1.72. The van der Waals surface area contributed by atoms with Gasteiger partial charge in [-0.2, -0.15) is 13.2 Å². The van der Waals surface area contributed by atoms with Gasteiger partial charge in [0.1, 0.15) is 10.2 Å². The zero-order valence-electron chi connectivity index (χ0n) is 9.19. The van der Waals surface area contributed by atoms with Crippen LogP contribution in [0.5, 0.6) is 0 Å². The number of H-pyrrole nitrogens is 1. The Hall–Kier alpha value is -1.55. The minimum absolute atomic E-state index is 0.0607. The zero-order valence-corrected chi connectivity index (χ0v) is 10.8. The quantitative estimate of drug-likeness (QED) is 0.855. The fraction of sp³-hybridized carbons (Fsp3) is 0.250. The van der Waals surface area contributed by atoms with E-state index in [1.807, 2.05) is 0 Å². The molecule has 0 saturated carbocycles. The molecule has 0 aliphatic rings. The Morgan fingerprint density at radius 3 is 2.63 bits per heavy atom. The number of aromatic amines is 1. The molecule has 0 aromatic carbocycles. The monoisotopic (exact) mass is 311 g/mol. The van der Waals surface area contributed by atoms with E-state index in [1.165, 1.54) is 7.05 Å². The van der Waals surface area contributed by atoms with Gasteiger partial charge >= 0.3 is 11.9 Å². The summed E-state index contributed by atoms with van der Waals surface area (Å²) in [5.41, 5.74) is -0.487. The largest absolute Gasteiger partial charge is 0.451 e. The van der Waals surface area contributed by atoms with E-state index in [4.69, 9.17) is 11.6 Å². The number of nitrogens with zero attached hydrogens (tertiary/aromatic N) is 4. The molecule has 0 amide bonds. The molecular weight excluding hydrogens is 307 g/mol. The molecule has 11 heteroatoms. The number of hydrogen-bond acceptors (Lipinski definition) is 5. The van der Waals surface area contributed by atoms with Gasteiger partial charge in [-0.1, -0.05) is 11.6 Å². The standard InChI is InChI=1S/C8H5ClF3N5OS/c1-17-6(18)15-16-7(17)19-4-2-3(9)13-5(14-4)8(10,11)12/h2H,1H3,(H,15,18). The molecule has 2 aromatic rings. The minimum Gasteiger partial charge on any atom is -0.273 e. The van der Waals surface area contributed by atoms with Crippen LogP contribution in [0.25, 0.3) is 0 Å². The van der Waals surface area contributed by atoms with Crippen molar-refractivity contribution in [3.63, 3.8) is 0 Å². The van der Waals surface area contributed by atoms with Crippen LogP contribution in [0.3, 0.4) is 0 Å². The summed E-state index contributed by atoms with van der Waals surface area (Å²) in [6.07, 6.45) is -4.70.